The van der Waals surface area contributed by atoms with E-state index in [0.717, 1.165) is 39.0 Å². The van der Waals surface area contributed by atoms with E-state index in [-0.39, 0.29) is 11.5 Å². The average Bonchev–Trinajstić information content (AvgIpc) is 3.23. The predicted octanol–water partition coefficient (Wildman–Crippen LogP) is 3.81. The molecule has 0 radical (unpaired) electrons. The monoisotopic (exact) mass is 388 g/mol. The number of carbonyl (C=O) groups is 2. The molecule has 2 aliphatic rings. The quantitative estimate of drug-likeness (QED) is 0.796. The fourth-order valence-electron chi connectivity index (χ4n) is 4.28. The fraction of sp³-hybridized carbons (Fsp3) is 0.250. The number of nitrogens with two attached hydrogens (primary N) is 1. The predicted molar refractivity (Wildman–Crippen MR) is 110 cm³/mol. The lowest BCUT2D eigenvalue weighted by atomic mass is 9.89. The summed E-state index contributed by atoms with van der Waals surface area (Å²) in [7, 11) is 0. The molecule has 146 valence electrons. The van der Waals surface area contributed by atoms with Crippen molar-refractivity contribution >= 4 is 17.4 Å². The van der Waals surface area contributed by atoms with Gasteiger partial charge in [-0.25, -0.2) is 4.39 Å². The van der Waals surface area contributed by atoms with Gasteiger partial charge < -0.3 is 10.6 Å². The molecule has 2 N–H and O–H groups in total. The number of fused-ring (bicyclic) bond motifs is 2. The van der Waals surface area contributed by atoms with Crippen molar-refractivity contribution in [3.8, 4) is 23.0 Å². The van der Waals surface area contributed by atoms with Gasteiger partial charge in [0.1, 0.15) is 5.82 Å². The van der Waals surface area contributed by atoms with Gasteiger partial charge in [0.15, 0.2) is 0 Å². The molecule has 0 aromatic heterocycles. The van der Waals surface area contributed by atoms with Crippen LogP contribution in [0, 0.1) is 17.7 Å². The van der Waals surface area contributed by atoms with E-state index in [1.54, 1.807) is 11.8 Å². The Hall–Kier alpha value is -3.39. The van der Waals surface area contributed by atoms with Crippen molar-refractivity contribution < 1.29 is 14.0 Å². The number of carbonyl (C=O) groups excluding carboxylic acids is 2. The number of allylic oxidation sites excluding steroid dienone is 2. The summed E-state index contributed by atoms with van der Waals surface area (Å²) in [6, 6.07) is 7.00. The Morgan fingerprint density at radius 2 is 1.83 bits per heavy atom. The number of amides is 2. The molecular weight excluding hydrogens is 367 g/mol. The van der Waals surface area contributed by atoms with Gasteiger partial charge in [-0.1, -0.05) is 23.6 Å². The Labute approximate surface area is 169 Å². The van der Waals surface area contributed by atoms with Gasteiger partial charge in [0.05, 0.1) is 0 Å². The van der Waals surface area contributed by atoms with Crippen molar-refractivity contribution in [3.63, 3.8) is 0 Å². The summed E-state index contributed by atoms with van der Waals surface area (Å²) in [6.45, 7) is 6.53. The highest BCUT2D eigenvalue weighted by molar-refractivity contribution is 6.00. The molecule has 0 unspecified atom stereocenters. The number of halogens is 1. The number of hydrogen-bond acceptors (Lipinski definition) is 2. The van der Waals surface area contributed by atoms with E-state index in [4.69, 9.17) is 5.73 Å². The summed E-state index contributed by atoms with van der Waals surface area (Å²) in [5.41, 5.74) is 12.6. The summed E-state index contributed by atoms with van der Waals surface area (Å²) in [4.78, 5) is 25.6. The van der Waals surface area contributed by atoms with Crippen LogP contribution in [0.15, 0.2) is 29.8 Å². The Balaban J connectivity index is 1.83. The molecule has 29 heavy (non-hydrogen) atoms. The van der Waals surface area contributed by atoms with E-state index >= 15 is 4.39 Å². The molecule has 0 spiro atoms. The zero-order valence-electron chi connectivity index (χ0n) is 16.6. The van der Waals surface area contributed by atoms with Crippen LogP contribution < -0.4 is 5.73 Å². The first-order chi connectivity index (χ1) is 13.8. The maximum atomic E-state index is 15.2. The topological polar surface area (TPSA) is 63.4 Å². The van der Waals surface area contributed by atoms with E-state index in [2.05, 4.69) is 11.8 Å². The largest absolute Gasteiger partial charge is 0.366 e. The lowest BCUT2D eigenvalue weighted by Crippen LogP contribution is -2.23. The van der Waals surface area contributed by atoms with Crippen molar-refractivity contribution in [1.82, 2.24) is 4.90 Å². The summed E-state index contributed by atoms with van der Waals surface area (Å²) >= 11 is 0. The SMILES string of the molecule is CC#CC(=O)N1Cc2ccc(-c3c(F)cc(C(N)=O)c4c3C(C)=C(C)C4)cc2C1. The van der Waals surface area contributed by atoms with E-state index in [1.807, 2.05) is 32.0 Å². The maximum absolute atomic E-state index is 15.2. The number of rotatable bonds is 2. The number of primary amides is 1. The minimum absolute atomic E-state index is 0.211. The van der Waals surface area contributed by atoms with Gasteiger partial charge >= 0.3 is 0 Å². The van der Waals surface area contributed by atoms with Crippen LogP contribution in [0.2, 0.25) is 0 Å². The van der Waals surface area contributed by atoms with Crippen LogP contribution in [0.25, 0.3) is 16.7 Å². The second-order valence-electron chi connectivity index (χ2n) is 7.60. The lowest BCUT2D eigenvalue weighted by molar-refractivity contribution is -0.125. The first-order valence-corrected chi connectivity index (χ1v) is 9.47. The van der Waals surface area contributed by atoms with Gasteiger partial charge in [-0.15, -0.1) is 0 Å². The second kappa shape index (κ2) is 6.89. The second-order valence-corrected chi connectivity index (χ2v) is 7.60. The van der Waals surface area contributed by atoms with Gasteiger partial charge in [-0.3, -0.25) is 9.59 Å². The molecule has 1 aliphatic carbocycles. The van der Waals surface area contributed by atoms with E-state index in [1.165, 1.54) is 6.07 Å². The first-order valence-electron chi connectivity index (χ1n) is 9.47. The molecule has 4 rings (SSSR count). The van der Waals surface area contributed by atoms with E-state index in [0.29, 0.717) is 25.1 Å². The van der Waals surface area contributed by atoms with Crippen molar-refractivity contribution in [1.29, 1.82) is 0 Å². The Kier molecular flexibility index (Phi) is 4.50. The summed E-state index contributed by atoms with van der Waals surface area (Å²) in [5.74, 6) is 3.91. The van der Waals surface area contributed by atoms with Crippen LogP contribution in [0.4, 0.5) is 4.39 Å². The third-order valence-electron chi connectivity index (χ3n) is 5.85. The van der Waals surface area contributed by atoms with Crippen LogP contribution in [0.5, 0.6) is 0 Å². The van der Waals surface area contributed by atoms with Crippen molar-refractivity contribution in [2.24, 2.45) is 5.73 Å². The summed E-state index contributed by atoms with van der Waals surface area (Å²) in [5, 5.41) is 0. The Morgan fingerprint density at radius 1 is 1.10 bits per heavy atom. The first kappa shape index (κ1) is 18.9. The van der Waals surface area contributed by atoms with E-state index in [9.17, 15) is 9.59 Å². The van der Waals surface area contributed by atoms with Gasteiger partial charge in [0, 0.05) is 24.2 Å². The number of nitrogens with zero attached hydrogens (tertiary/aromatic N) is 1. The van der Waals surface area contributed by atoms with Gasteiger partial charge in [-0.2, -0.15) is 0 Å². The maximum Gasteiger partial charge on any atom is 0.299 e. The molecule has 5 heteroatoms. The smallest absolute Gasteiger partial charge is 0.299 e. The van der Waals surface area contributed by atoms with Crippen molar-refractivity contribution in [2.75, 3.05) is 0 Å². The Morgan fingerprint density at radius 3 is 2.52 bits per heavy atom. The van der Waals surface area contributed by atoms with Gasteiger partial charge in [0.2, 0.25) is 5.91 Å². The van der Waals surface area contributed by atoms with Crippen LogP contribution in [0.1, 0.15) is 53.4 Å². The molecule has 0 fully saturated rings. The summed E-state index contributed by atoms with van der Waals surface area (Å²) < 4.78 is 15.2. The van der Waals surface area contributed by atoms with Crippen molar-refractivity contribution in [2.45, 2.75) is 40.3 Å². The van der Waals surface area contributed by atoms with Crippen LogP contribution in [0.3, 0.4) is 0 Å². The highest BCUT2D eigenvalue weighted by Gasteiger charge is 2.29. The molecule has 0 saturated heterocycles. The minimum Gasteiger partial charge on any atom is -0.366 e. The standard InChI is InChI=1S/C24H21FN2O2/c1-4-5-21(28)27-11-16-7-6-15(9-17(16)12-27)23-20(25)10-19(24(26)29)18-8-13(2)14(3)22(18)23/h6-7,9-10H,8,11-12H2,1-3H3,(H2,26,29). The molecular formula is C24H21FN2O2. The highest BCUT2D eigenvalue weighted by atomic mass is 19.1. The van der Waals surface area contributed by atoms with Crippen molar-refractivity contribution in [3.05, 3.63) is 63.5 Å². The van der Waals surface area contributed by atoms with Crippen LogP contribution >= 0.6 is 0 Å². The number of hydrogen-bond donors (Lipinski definition) is 1. The molecule has 1 aliphatic heterocycles. The molecule has 1 heterocycles. The summed E-state index contributed by atoms with van der Waals surface area (Å²) in [6.07, 6.45) is 0.593. The zero-order chi connectivity index (χ0) is 20.9. The zero-order valence-corrected chi connectivity index (χ0v) is 16.6. The fourth-order valence-corrected chi connectivity index (χ4v) is 4.28. The Bertz CT molecular complexity index is 1180. The normalized spacial score (nSPS) is 14.4. The molecule has 0 atom stereocenters. The van der Waals surface area contributed by atoms with E-state index < -0.39 is 11.7 Å². The van der Waals surface area contributed by atoms with Gasteiger partial charge in [-0.05, 0) is 78.6 Å². The van der Waals surface area contributed by atoms with Crippen LogP contribution in [-0.4, -0.2) is 16.7 Å². The highest BCUT2D eigenvalue weighted by Crippen LogP contribution is 2.43. The minimum atomic E-state index is -0.616. The van der Waals surface area contributed by atoms with Gasteiger partial charge in [0.25, 0.3) is 5.91 Å². The third-order valence-corrected chi connectivity index (χ3v) is 5.85. The average molecular weight is 388 g/mol. The van der Waals surface area contributed by atoms with Crippen LogP contribution in [-0.2, 0) is 24.3 Å². The molecule has 2 aromatic rings. The third kappa shape index (κ3) is 3.01. The molecule has 0 bridgehead atoms. The molecule has 2 aromatic carbocycles. The molecule has 4 nitrogen and oxygen atoms in total. The molecule has 2 amide bonds. The molecule has 0 saturated carbocycles. The lowest BCUT2D eigenvalue weighted by Gasteiger charge is -2.15. The number of benzene rings is 2.